The van der Waals surface area contributed by atoms with Gasteiger partial charge in [-0.2, -0.15) is 4.98 Å². The highest BCUT2D eigenvalue weighted by molar-refractivity contribution is 5.89. The molecule has 1 heterocycles. The molecule has 1 aromatic heterocycles. The van der Waals surface area contributed by atoms with Crippen LogP contribution in [0.25, 0.3) is 11.4 Å². The topological polar surface area (TPSA) is 86.5 Å². The van der Waals surface area contributed by atoms with Crippen LogP contribution in [0, 0.1) is 0 Å². The third-order valence-electron chi connectivity index (χ3n) is 2.49. The van der Waals surface area contributed by atoms with Crippen LogP contribution >= 0.6 is 0 Å². The van der Waals surface area contributed by atoms with Gasteiger partial charge in [0.1, 0.15) is 0 Å². The Bertz CT molecular complexity index is 594. The molecule has 0 unspecified atom stereocenters. The average Bonchev–Trinajstić information content (AvgIpc) is 2.95. The second kappa shape index (κ2) is 5.38. The molecule has 2 rings (SSSR count). The summed E-state index contributed by atoms with van der Waals surface area (Å²) in [6, 6.07) is 5.18. The zero-order chi connectivity index (χ0) is 13.8. The molecule has 100 valence electrons. The van der Waals surface area contributed by atoms with Gasteiger partial charge < -0.3 is 19.3 Å². The van der Waals surface area contributed by atoms with Crippen molar-refractivity contribution in [2.75, 3.05) is 21.3 Å². The lowest BCUT2D eigenvalue weighted by atomic mass is 10.2. The Morgan fingerprint density at radius 1 is 1.26 bits per heavy atom. The molecule has 0 aliphatic heterocycles. The summed E-state index contributed by atoms with van der Waals surface area (Å²) in [5, 5.41) is 6.15. The Morgan fingerprint density at radius 2 is 2.00 bits per heavy atom. The molecule has 0 atom stereocenters. The van der Waals surface area contributed by atoms with Crippen molar-refractivity contribution in [1.82, 2.24) is 15.5 Å². The van der Waals surface area contributed by atoms with Gasteiger partial charge in [0.25, 0.3) is 0 Å². The number of ether oxygens (including phenoxy) is 2. The van der Waals surface area contributed by atoms with Crippen LogP contribution in [0.1, 0.15) is 10.7 Å². The van der Waals surface area contributed by atoms with Crippen molar-refractivity contribution in [3.63, 3.8) is 0 Å². The first-order chi connectivity index (χ1) is 9.19. The summed E-state index contributed by atoms with van der Waals surface area (Å²) in [5.41, 5.74) is 0.663. The average molecular weight is 263 g/mol. The van der Waals surface area contributed by atoms with Crippen molar-refractivity contribution in [1.29, 1.82) is 0 Å². The molecule has 7 nitrogen and oxygen atoms in total. The number of rotatable bonds is 4. The fourth-order valence-electron chi connectivity index (χ4n) is 1.52. The van der Waals surface area contributed by atoms with E-state index in [1.54, 1.807) is 25.3 Å². The van der Waals surface area contributed by atoms with Crippen LogP contribution in [0.5, 0.6) is 11.5 Å². The van der Waals surface area contributed by atoms with E-state index in [9.17, 15) is 4.79 Å². The zero-order valence-corrected chi connectivity index (χ0v) is 10.8. The van der Waals surface area contributed by atoms with E-state index in [0.717, 1.165) is 0 Å². The van der Waals surface area contributed by atoms with Crippen LogP contribution in [-0.4, -0.2) is 37.3 Å². The fraction of sp³-hybridized carbons (Fsp3) is 0.250. The molecule has 1 aromatic carbocycles. The largest absolute Gasteiger partial charge is 0.493 e. The minimum absolute atomic E-state index is 0.0905. The lowest BCUT2D eigenvalue weighted by molar-refractivity contribution is 0.0919. The van der Waals surface area contributed by atoms with Crippen LogP contribution < -0.4 is 14.8 Å². The number of nitrogens with one attached hydrogen (secondary N) is 1. The number of aromatic nitrogens is 2. The van der Waals surface area contributed by atoms with Gasteiger partial charge in [-0.3, -0.25) is 4.79 Å². The zero-order valence-electron chi connectivity index (χ0n) is 10.8. The number of carbonyl (C=O) groups is 1. The first kappa shape index (κ1) is 12.9. The normalized spacial score (nSPS) is 10.1. The van der Waals surface area contributed by atoms with Crippen molar-refractivity contribution in [2.45, 2.75) is 0 Å². The molecule has 0 radical (unpaired) electrons. The summed E-state index contributed by atoms with van der Waals surface area (Å²) >= 11 is 0. The van der Waals surface area contributed by atoms with Gasteiger partial charge in [0.15, 0.2) is 11.5 Å². The Labute approximate surface area is 109 Å². The second-order valence-corrected chi connectivity index (χ2v) is 3.57. The highest BCUT2D eigenvalue weighted by atomic mass is 16.5. The van der Waals surface area contributed by atoms with E-state index >= 15 is 0 Å². The quantitative estimate of drug-likeness (QED) is 0.889. The van der Waals surface area contributed by atoms with E-state index in [1.807, 2.05) is 0 Å². The van der Waals surface area contributed by atoms with Gasteiger partial charge in [0, 0.05) is 12.6 Å². The lowest BCUT2D eigenvalue weighted by Crippen LogP contribution is -2.17. The maximum atomic E-state index is 11.3. The van der Waals surface area contributed by atoms with E-state index in [4.69, 9.17) is 14.0 Å². The van der Waals surface area contributed by atoms with E-state index < -0.39 is 5.91 Å². The van der Waals surface area contributed by atoms with Crippen LogP contribution in [-0.2, 0) is 0 Å². The third kappa shape index (κ3) is 2.49. The predicted octanol–water partition coefficient (Wildman–Crippen LogP) is 1.11. The van der Waals surface area contributed by atoms with E-state index in [2.05, 4.69) is 15.5 Å². The van der Waals surface area contributed by atoms with Gasteiger partial charge in [-0.15, -0.1) is 0 Å². The Kier molecular flexibility index (Phi) is 3.65. The predicted molar refractivity (Wildman–Crippen MR) is 66.2 cm³/mol. The van der Waals surface area contributed by atoms with E-state index in [0.29, 0.717) is 22.9 Å². The standard InChI is InChI=1S/C12H13N3O4/c1-13-11(16)12-14-10(15-19-12)7-4-5-8(17-2)9(6-7)18-3/h4-6H,1-3H3,(H,13,16). The molecule has 1 N–H and O–H groups in total. The molecule has 0 aliphatic carbocycles. The molecule has 0 bridgehead atoms. The van der Waals surface area contributed by atoms with Crippen LogP contribution in [0.3, 0.4) is 0 Å². The maximum Gasteiger partial charge on any atom is 0.316 e. The minimum atomic E-state index is -0.431. The Hall–Kier alpha value is -2.57. The number of amides is 1. The smallest absolute Gasteiger partial charge is 0.316 e. The molecule has 7 heteroatoms. The van der Waals surface area contributed by atoms with Crippen molar-refractivity contribution in [2.24, 2.45) is 0 Å². The molecular formula is C12H13N3O4. The number of nitrogens with zero attached hydrogens (tertiary/aromatic N) is 2. The third-order valence-corrected chi connectivity index (χ3v) is 2.49. The molecular weight excluding hydrogens is 250 g/mol. The highest BCUT2D eigenvalue weighted by Crippen LogP contribution is 2.31. The van der Waals surface area contributed by atoms with Gasteiger partial charge in [0.05, 0.1) is 14.2 Å². The number of benzene rings is 1. The number of hydrogen-bond acceptors (Lipinski definition) is 6. The molecule has 0 spiro atoms. The number of methoxy groups -OCH3 is 2. The molecule has 2 aromatic rings. The van der Waals surface area contributed by atoms with Crippen LogP contribution in [0.15, 0.2) is 22.7 Å². The van der Waals surface area contributed by atoms with Gasteiger partial charge in [0.2, 0.25) is 5.82 Å². The fourth-order valence-corrected chi connectivity index (χ4v) is 1.52. The summed E-state index contributed by atoms with van der Waals surface area (Å²) in [6.45, 7) is 0. The lowest BCUT2D eigenvalue weighted by Gasteiger charge is -2.07. The SMILES string of the molecule is CNC(=O)c1nc(-c2ccc(OC)c(OC)c2)no1. The maximum absolute atomic E-state index is 11.3. The Morgan fingerprint density at radius 3 is 2.63 bits per heavy atom. The number of carbonyl (C=O) groups excluding carboxylic acids is 1. The summed E-state index contributed by atoms with van der Waals surface area (Å²) < 4.78 is 15.2. The molecule has 0 fully saturated rings. The first-order valence-corrected chi connectivity index (χ1v) is 5.47. The summed E-state index contributed by atoms with van der Waals surface area (Å²) in [5.74, 6) is 0.929. The molecule has 19 heavy (non-hydrogen) atoms. The number of hydrogen-bond donors (Lipinski definition) is 1. The van der Waals surface area contributed by atoms with Crippen LogP contribution in [0.2, 0.25) is 0 Å². The van der Waals surface area contributed by atoms with Crippen molar-refractivity contribution in [3.05, 3.63) is 24.1 Å². The summed E-state index contributed by atoms with van der Waals surface area (Å²) in [7, 11) is 4.58. The first-order valence-electron chi connectivity index (χ1n) is 5.47. The molecule has 1 amide bonds. The van der Waals surface area contributed by atoms with Gasteiger partial charge in [-0.05, 0) is 18.2 Å². The van der Waals surface area contributed by atoms with Gasteiger partial charge in [-0.25, -0.2) is 0 Å². The highest BCUT2D eigenvalue weighted by Gasteiger charge is 2.15. The summed E-state index contributed by atoms with van der Waals surface area (Å²) in [6.07, 6.45) is 0. The van der Waals surface area contributed by atoms with Crippen molar-refractivity contribution in [3.8, 4) is 22.9 Å². The Balaban J connectivity index is 2.36. The van der Waals surface area contributed by atoms with Crippen molar-refractivity contribution >= 4 is 5.91 Å². The van der Waals surface area contributed by atoms with E-state index in [-0.39, 0.29) is 5.89 Å². The van der Waals surface area contributed by atoms with Crippen LogP contribution in [0.4, 0.5) is 0 Å². The monoisotopic (exact) mass is 263 g/mol. The molecule has 0 aliphatic rings. The molecule has 0 saturated carbocycles. The van der Waals surface area contributed by atoms with Crippen molar-refractivity contribution < 1.29 is 18.8 Å². The van der Waals surface area contributed by atoms with Gasteiger partial charge in [-0.1, -0.05) is 5.16 Å². The second-order valence-electron chi connectivity index (χ2n) is 3.57. The minimum Gasteiger partial charge on any atom is -0.493 e. The molecule has 0 saturated heterocycles. The van der Waals surface area contributed by atoms with E-state index in [1.165, 1.54) is 14.2 Å². The van der Waals surface area contributed by atoms with Gasteiger partial charge >= 0.3 is 11.8 Å². The summed E-state index contributed by atoms with van der Waals surface area (Å²) in [4.78, 5) is 15.3.